The SMILES string of the molecule is CC(=O)Nc1nc(C)c(S(=O)(=O)N2CCNC[C@]23C[C@H]3Cc2c(F)cncc2NC(=O)C[C@@H](c2ccc(F)cc2)c2cc(F)cc(F)c2)s1. The van der Waals surface area contributed by atoms with Crippen molar-refractivity contribution in [1.82, 2.24) is 19.6 Å². The predicted molar refractivity (Wildman–Crippen MR) is 175 cm³/mol. The van der Waals surface area contributed by atoms with Crippen LogP contribution in [-0.2, 0) is 26.0 Å². The first-order valence-electron chi connectivity index (χ1n) is 15.4. The highest BCUT2D eigenvalue weighted by molar-refractivity contribution is 7.91. The summed E-state index contributed by atoms with van der Waals surface area (Å²) in [6.45, 7) is 3.75. The van der Waals surface area contributed by atoms with Gasteiger partial charge in [0.1, 0.15) is 23.3 Å². The van der Waals surface area contributed by atoms with Crippen LogP contribution in [0.1, 0.15) is 48.1 Å². The molecule has 1 saturated carbocycles. The molecule has 2 aliphatic rings. The molecule has 0 radical (unpaired) electrons. The fourth-order valence-electron chi connectivity index (χ4n) is 6.54. The molecule has 2 aromatic carbocycles. The Labute approximate surface area is 284 Å². The number of halogens is 4. The molecule has 0 bridgehead atoms. The van der Waals surface area contributed by atoms with Crippen molar-refractivity contribution in [3.63, 3.8) is 0 Å². The second-order valence-corrected chi connectivity index (χ2v) is 15.3. The van der Waals surface area contributed by atoms with Gasteiger partial charge in [0.2, 0.25) is 11.8 Å². The zero-order valence-electron chi connectivity index (χ0n) is 26.4. The second-order valence-electron chi connectivity index (χ2n) is 12.2. The Morgan fingerprint density at radius 2 is 1.76 bits per heavy atom. The summed E-state index contributed by atoms with van der Waals surface area (Å²) in [6.07, 6.45) is 2.48. The Hall–Kier alpha value is -4.25. The summed E-state index contributed by atoms with van der Waals surface area (Å²) in [5.74, 6) is -5.09. The van der Waals surface area contributed by atoms with Gasteiger partial charge in [-0.1, -0.05) is 23.5 Å². The zero-order valence-corrected chi connectivity index (χ0v) is 28.0. The van der Waals surface area contributed by atoms with E-state index in [0.717, 1.165) is 29.7 Å². The largest absolute Gasteiger partial charge is 0.324 e. The standard InChI is InChI=1S/C33H32F4N6O4S2/c1-18-31(48-32(40-18)41-19(2)44)49(46,47)43-8-7-38-17-33(43)14-22(33)11-27-28(37)15-39-16-29(27)42-30(45)13-26(20-3-5-23(34)6-4-20)21-9-24(35)12-25(36)10-21/h3-6,9-10,12,15-16,22,26,38H,7-8,11,13-14,17H2,1-2H3,(H,42,45)(H,40,41,44)/t22-,26+,33+/m1/s1. The number of sulfonamides is 1. The van der Waals surface area contributed by atoms with Crippen LogP contribution in [0.15, 0.2) is 59.1 Å². The number of amides is 2. The Morgan fingerprint density at radius 3 is 2.45 bits per heavy atom. The molecular weight excluding hydrogens is 685 g/mol. The van der Waals surface area contributed by atoms with Gasteiger partial charge in [-0.15, -0.1) is 0 Å². The first-order chi connectivity index (χ1) is 23.3. The van der Waals surface area contributed by atoms with E-state index in [2.05, 4.69) is 25.9 Å². The molecular formula is C33H32F4N6O4S2. The average molecular weight is 717 g/mol. The summed E-state index contributed by atoms with van der Waals surface area (Å²) < 4.78 is 86.9. The molecule has 49 heavy (non-hydrogen) atoms. The average Bonchev–Trinajstić information content (AvgIpc) is 3.55. The van der Waals surface area contributed by atoms with Crippen LogP contribution < -0.4 is 16.0 Å². The van der Waals surface area contributed by atoms with Crippen LogP contribution in [0.5, 0.6) is 0 Å². The van der Waals surface area contributed by atoms with Crippen molar-refractivity contribution in [2.24, 2.45) is 5.92 Å². The monoisotopic (exact) mass is 716 g/mol. The summed E-state index contributed by atoms with van der Waals surface area (Å²) >= 11 is 0.868. The van der Waals surface area contributed by atoms with Gasteiger partial charge in [0.25, 0.3) is 10.0 Å². The van der Waals surface area contributed by atoms with Gasteiger partial charge in [-0.3, -0.25) is 14.6 Å². The van der Waals surface area contributed by atoms with Crippen LogP contribution in [-0.4, -0.2) is 59.7 Å². The fraction of sp³-hybridized carbons (Fsp3) is 0.333. The third-order valence-corrected chi connectivity index (χ3v) is 12.5. The van der Waals surface area contributed by atoms with Gasteiger partial charge in [0.15, 0.2) is 9.34 Å². The minimum Gasteiger partial charge on any atom is -0.324 e. The van der Waals surface area contributed by atoms with Crippen LogP contribution in [0.2, 0.25) is 0 Å². The minimum atomic E-state index is -4.05. The molecule has 4 aromatic rings. The number of nitrogens with one attached hydrogen (secondary N) is 3. The maximum Gasteiger partial charge on any atom is 0.255 e. The van der Waals surface area contributed by atoms with Crippen LogP contribution in [0.25, 0.3) is 0 Å². The number of benzene rings is 2. The van der Waals surface area contributed by atoms with E-state index in [-0.39, 0.29) is 63.1 Å². The third-order valence-electron chi connectivity index (χ3n) is 8.86. The topological polar surface area (TPSA) is 133 Å². The van der Waals surface area contributed by atoms with E-state index in [1.54, 1.807) is 6.92 Å². The summed E-state index contributed by atoms with van der Waals surface area (Å²) in [6, 6.07) is 8.09. The molecule has 6 rings (SSSR count). The van der Waals surface area contributed by atoms with Gasteiger partial charge in [0, 0.05) is 50.5 Å². The van der Waals surface area contributed by atoms with E-state index in [1.807, 2.05) is 0 Å². The molecule has 10 nitrogen and oxygen atoms in total. The molecule has 3 atom stereocenters. The molecule has 3 N–H and O–H groups in total. The maximum atomic E-state index is 15.4. The first-order valence-corrected chi connectivity index (χ1v) is 17.6. The van der Waals surface area contributed by atoms with Crippen molar-refractivity contribution in [3.8, 4) is 0 Å². The molecule has 1 aliphatic heterocycles. The molecule has 3 heterocycles. The van der Waals surface area contributed by atoms with Crippen molar-refractivity contribution >= 4 is 44.0 Å². The van der Waals surface area contributed by atoms with Gasteiger partial charge < -0.3 is 16.0 Å². The lowest BCUT2D eigenvalue weighted by molar-refractivity contribution is -0.116. The summed E-state index contributed by atoms with van der Waals surface area (Å²) in [5, 5.41) is 8.63. The van der Waals surface area contributed by atoms with Gasteiger partial charge in [0.05, 0.1) is 29.3 Å². The summed E-state index contributed by atoms with van der Waals surface area (Å²) in [4.78, 5) is 33.1. The van der Waals surface area contributed by atoms with Gasteiger partial charge in [-0.25, -0.2) is 31.0 Å². The van der Waals surface area contributed by atoms with E-state index in [0.29, 0.717) is 31.1 Å². The number of thiazole rings is 1. The molecule has 2 aromatic heterocycles. The smallest absolute Gasteiger partial charge is 0.255 e. The fourth-order valence-corrected chi connectivity index (χ4v) is 9.93. The highest BCUT2D eigenvalue weighted by atomic mass is 32.2. The number of rotatable bonds is 10. The Balaban J connectivity index is 1.23. The van der Waals surface area contributed by atoms with Crippen molar-refractivity contribution in [2.75, 3.05) is 30.3 Å². The minimum absolute atomic E-state index is 0.0140. The Morgan fingerprint density at radius 1 is 1.04 bits per heavy atom. The first kappa shape index (κ1) is 34.6. The third kappa shape index (κ3) is 7.22. The van der Waals surface area contributed by atoms with Crippen molar-refractivity contribution in [1.29, 1.82) is 0 Å². The van der Waals surface area contributed by atoms with Crippen LogP contribution in [0.4, 0.5) is 28.4 Å². The number of aryl methyl sites for hydroxylation is 1. The molecule has 1 aliphatic carbocycles. The highest BCUT2D eigenvalue weighted by Crippen LogP contribution is 2.54. The number of anilines is 2. The van der Waals surface area contributed by atoms with E-state index in [4.69, 9.17) is 0 Å². The van der Waals surface area contributed by atoms with Crippen LogP contribution >= 0.6 is 11.3 Å². The van der Waals surface area contributed by atoms with E-state index in [9.17, 15) is 31.2 Å². The van der Waals surface area contributed by atoms with E-state index < -0.39 is 50.7 Å². The van der Waals surface area contributed by atoms with Crippen molar-refractivity contribution < 1.29 is 35.6 Å². The number of aromatic nitrogens is 2. The summed E-state index contributed by atoms with van der Waals surface area (Å²) in [7, 11) is -4.05. The molecule has 258 valence electrons. The molecule has 1 spiro atoms. The molecule has 0 unspecified atom stereocenters. The van der Waals surface area contributed by atoms with E-state index in [1.165, 1.54) is 41.7 Å². The normalized spacial score (nSPS) is 19.8. The predicted octanol–water partition coefficient (Wildman–Crippen LogP) is 5.12. The lowest BCUT2D eigenvalue weighted by Gasteiger charge is -2.36. The number of hydrogen-bond acceptors (Lipinski definition) is 8. The van der Waals surface area contributed by atoms with Crippen molar-refractivity contribution in [3.05, 3.63) is 101 Å². The second kappa shape index (κ2) is 13.6. The lowest BCUT2D eigenvalue weighted by Crippen LogP contribution is -2.56. The van der Waals surface area contributed by atoms with Crippen LogP contribution in [0.3, 0.4) is 0 Å². The molecule has 16 heteroatoms. The molecule has 2 fully saturated rings. The quantitative estimate of drug-likeness (QED) is 0.194. The van der Waals surface area contributed by atoms with E-state index >= 15 is 4.39 Å². The number of carbonyl (C=O) groups excluding carboxylic acids is 2. The number of hydrogen-bond donors (Lipinski definition) is 3. The summed E-state index contributed by atoms with van der Waals surface area (Å²) in [5.41, 5.74) is 0.184. The van der Waals surface area contributed by atoms with Crippen molar-refractivity contribution in [2.45, 2.75) is 48.8 Å². The number of pyridine rings is 1. The molecule has 1 saturated heterocycles. The number of piperazine rings is 1. The molecule has 2 amide bonds. The number of carbonyl (C=O) groups is 2. The Bertz CT molecular complexity index is 2010. The Kier molecular flexibility index (Phi) is 9.59. The van der Waals surface area contributed by atoms with Gasteiger partial charge in [-0.2, -0.15) is 4.31 Å². The number of nitrogens with zero attached hydrogens (tertiary/aromatic N) is 3. The van der Waals surface area contributed by atoms with Gasteiger partial charge in [-0.05, 0) is 61.1 Å². The van der Waals surface area contributed by atoms with Crippen LogP contribution in [0, 0.1) is 36.1 Å². The van der Waals surface area contributed by atoms with Gasteiger partial charge >= 0.3 is 0 Å². The highest BCUT2D eigenvalue weighted by Gasteiger charge is 2.62. The maximum absolute atomic E-state index is 15.4. The lowest BCUT2D eigenvalue weighted by atomic mass is 9.88. The zero-order chi connectivity index (χ0) is 35.1.